The van der Waals surface area contributed by atoms with Gasteiger partial charge in [0.1, 0.15) is 6.33 Å². The minimum absolute atomic E-state index is 0.108. The molecule has 0 atom stereocenters. The standard InChI is InChI=1S/C19H18ClN5O2/c1-13-7-8-15(11-16(13)20)24-19-17(25(26)27)18(22-12-23-19)21-10-9-14-5-3-2-4-6-14/h2-8,11-12H,9-10H2,1H3,(H2,21,22,23,24). The first-order chi connectivity index (χ1) is 13.0. The van der Waals surface area contributed by atoms with Crippen LogP contribution in [-0.4, -0.2) is 21.4 Å². The van der Waals surface area contributed by atoms with Crippen molar-refractivity contribution in [3.8, 4) is 0 Å². The van der Waals surface area contributed by atoms with Crippen LogP contribution in [0.1, 0.15) is 11.1 Å². The lowest BCUT2D eigenvalue weighted by Crippen LogP contribution is -2.10. The molecule has 7 nitrogen and oxygen atoms in total. The maximum Gasteiger partial charge on any atom is 0.353 e. The van der Waals surface area contributed by atoms with Crippen LogP contribution in [0, 0.1) is 17.0 Å². The highest BCUT2D eigenvalue weighted by atomic mass is 35.5. The van der Waals surface area contributed by atoms with Gasteiger partial charge in [-0.05, 0) is 36.6 Å². The zero-order valence-electron chi connectivity index (χ0n) is 14.6. The van der Waals surface area contributed by atoms with E-state index in [1.165, 1.54) is 6.33 Å². The second kappa shape index (κ2) is 8.46. The Bertz CT molecular complexity index is 950. The number of anilines is 3. The third-order valence-corrected chi connectivity index (χ3v) is 4.40. The van der Waals surface area contributed by atoms with E-state index in [0.29, 0.717) is 17.3 Å². The summed E-state index contributed by atoms with van der Waals surface area (Å²) in [5.41, 5.74) is 2.46. The summed E-state index contributed by atoms with van der Waals surface area (Å²) in [6, 6.07) is 15.2. The number of aryl methyl sites for hydroxylation is 1. The number of nitrogens with one attached hydrogen (secondary N) is 2. The van der Waals surface area contributed by atoms with Crippen LogP contribution in [0.3, 0.4) is 0 Å². The summed E-state index contributed by atoms with van der Waals surface area (Å²) in [6.45, 7) is 2.39. The number of aromatic nitrogens is 2. The predicted molar refractivity (Wildman–Crippen MR) is 107 cm³/mol. The first-order valence-electron chi connectivity index (χ1n) is 8.35. The van der Waals surface area contributed by atoms with Crippen LogP contribution < -0.4 is 10.6 Å². The van der Waals surface area contributed by atoms with Gasteiger partial charge in [-0.25, -0.2) is 9.97 Å². The Labute approximate surface area is 161 Å². The molecule has 0 aliphatic rings. The first-order valence-corrected chi connectivity index (χ1v) is 8.73. The molecule has 1 aromatic heterocycles. The van der Waals surface area contributed by atoms with Crippen molar-refractivity contribution in [1.29, 1.82) is 0 Å². The first kappa shape index (κ1) is 18.6. The van der Waals surface area contributed by atoms with Gasteiger partial charge in [-0.15, -0.1) is 0 Å². The Balaban J connectivity index is 1.79. The molecule has 0 fully saturated rings. The summed E-state index contributed by atoms with van der Waals surface area (Å²) >= 11 is 6.12. The molecule has 3 aromatic rings. The number of nitrogens with zero attached hydrogens (tertiary/aromatic N) is 3. The summed E-state index contributed by atoms with van der Waals surface area (Å²) in [7, 11) is 0. The van der Waals surface area contributed by atoms with E-state index in [1.807, 2.05) is 43.3 Å². The molecule has 8 heteroatoms. The Morgan fingerprint density at radius 2 is 1.85 bits per heavy atom. The molecule has 0 radical (unpaired) electrons. The molecule has 3 rings (SSSR count). The highest BCUT2D eigenvalue weighted by molar-refractivity contribution is 6.31. The number of nitro groups is 1. The van der Waals surface area contributed by atoms with E-state index in [9.17, 15) is 10.1 Å². The van der Waals surface area contributed by atoms with E-state index < -0.39 is 4.92 Å². The lowest BCUT2D eigenvalue weighted by molar-refractivity contribution is -0.383. The fraction of sp³-hybridized carbons (Fsp3) is 0.158. The smallest absolute Gasteiger partial charge is 0.353 e. The van der Waals surface area contributed by atoms with E-state index >= 15 is 0 Å². The maximum atomic E-state index is 11.6. The summed E-state index contributed by atoms with van der Waals surface area (Å²) in [6.07, 6.45) is 2.01. The molecule has 0 saturated carbocycles. The molecule has 0 amide bonds. The SMILES string of the molecule is Cc1ccc(Nc2ncnc(NCCc3ccccc3)c2[N+](=O)[O-])cc1Cl. The molecule has 2 aromatic carbocycles. The molecular formula is C19H18ClN5O2. The van der Waals surface area contributed by atoms with Crippen molar-refractivity contribution in [3.63, 3.8) is 0 Å². The molecule has 138 valence electrons. The van der Waals surface area contributed by atoms with Gasteiger partial charge in [0.15, 0.2) is 0 Å². The van der Waals surface area contributed by atoms with Crippen molar-refractivity contribution >= 4 is 34.6 Å². The van der Waals surface area contributed by atoms with Crippen molar-refractivity contribution in [3.05, 3.63) is 81.1 Å². The van der Waals surface area contributed by atoms with Crippen molar-refractivity contribution in [2.75, 3.05) is 17.2 Å². The third kappa shape index (κ3) is 4.71. The number of halogens is 1. The van der Waals surface area contributed by atoms with Crippen LogP contribution in [-0.2, 0) is 6.42 Å². The highest BCUT2D eigenvalue weighted by Gasteiger charge is 2.23. The van der Waals surface area contributed by atoms with Crippen LogP contribution >= 0.6 is 11.6 Å². The molecule has 0 aliphatic carbocycles. The summed E-state index contributed by atoms with van der Waals surface area (Å²) in [5.74, 6) is 0.281. The molecule has 0 unspecified atom stereocenters. The molecule has 0 saturated heterocycles. The maximum absolute atomic E-state index is 11.6. The van der Waals surface area contributed by atoms with Gasteiger partial charge in [0.05, 0.1) is 4.92 Å². The Hall–Kier alpha value is -3.19. The van der Waals surface area contributed by atoms with Gasteiger partial charge >= 0.3 is 5.69 Å². The normalized spacial score (nSPS) is 10.4. The second-order valence-electron chi connectivity index (χ2n) is 5.93. The minimum atomic E-state index is -0.497. The van der Waals surface area contributed by atoms with E-state index in [2.05, 4.69) is 20.6 Å². The van der Waals surface area contributed by atoms with E-state index in [0.717, 1.165) is 17.5 Å². The zero-order valence-corrected chi connectivity index (χ0v) is 15.4. The molecule has 2 N–H and O–H groups in total. The van der Waals surface area contributed by atoms with Gasteiger partial charge < -0.3 is 10.6 Å². The predicted octanol–water partition coefficient (Wildman–Crippen LogP) is 4.74. The Morgan fingerprint density at radius 3 is 2.56 bits per heavy atom. The Morgan fingerprint density at radius 1 is 1.11 bits per heavy atom. The van der Waals surface area contributed by atoms with Crippen molar-refractivity contribution in [2.45, 2.75) is 13.3 Å². The van der Waals surface area contributed by atoms with Gasteiger partial charge in [0, 0.05) is 17.3 Å². The molecular weight excluding hydrogens is 366 g/mol. The van der Waals surface area contributed by atoms with Gasteiger partial charge in [0.25, 0.3) is 0 Å². The highest BCUT2D eigenvalue weighted by Crippen LogP contribution is 2.32. The molecule has 1 heterocycles. The molecule has 0 aliphatic heterocycles. The molecule has 0 bridgehead atoms. The number of benzene rings is 2. The minimum Gasteiger partial charge on any atom is -0.364 e. The summed E-state index contributed by atoms with van der Waals surface area (Å²) in [4.78, 5) is 19.2. The van der Waals surface area contributed by atoms with Crippen LogP contribution in [0.15, 0.2) is 54.9 Å². The van der Waals surface area contributed by atoms with Gasteiger partial charge in [0.2, 0.25) is 11.6 Å². The third-order valence-electron chi connectivity index (χ3n) is 3.99. The van der Waals surface area contributed by atoms with E-state index in [-0.39, 0.29) is 17.3 Å². The fourth-order valence-corrected chi connectivity index (χ4v) is 2.73. The van der Waals surface area contributed by atoms with Crippen molar-refractivity contribution in [1.82, 2.24) is 9.97 Å². The van der Waals surface area contributed by atoms with E-state index in [4.69, 9.17) is 11.6 Å². The zero-order chi connectivity index (χ0) is 19.2. The van der Waals surface area contributed by atoms with Gasteiger partial charge in [-0.3, -0.25) is 10.1 Å². The Kier molecular flexibility index (Phi) is 5.83. The number of hydrogen-bond donors (Lipinski definition) is 2. The lowest BCUT2D eigenvalue weighted by atomic mass is 10.1. The van der Waals surface area contributed by atoms with Crippen LogP contribution in [0.25, 0.3) is 0 Å². The molecule has 27 heavy (non-hydrogen) atoms. The van der Waals surface area contributed by atoms with E-state index in [1.54, 1.807) is 12.1 Å². The average Bonchev–Trinajstić information content (AvgIpc) is 2.65. The quantitative estimate of drug-likeness (QED) is 0.452. The molecule has 0 spiro atoms. The largest absolute Gasteiger partial charge is 0.364 e. The van der Waals surface area contributed by atoms with Crippen molar-refractivity contribution < 1.29 is 4.92 Å². The average molecular weight is 384 g/mol. The number of rotatable bonds is 7. The summed E-state index contributed by atoms with van der Waals surface area (Å²) in [5, 5.41) is 18.2. The number of hydrogen-bond acceptors (Lipinski definition) is 6. The topological polar surface area (TPSA) is 93.0 Å². The van der Waals surface area contributed by atoms with Crippen LogP contribution in [0.5, 0.6) is 0 Å². The van der Waals surface area contributed by atoms with Gasteiger partial charge in [-0.1, -0.05) is 48.0 Å². The lowest BCUT2D eigenvalue weighted by Gasteiger charge is -2.11. The fourth-order valence-electron chi connectivity index (χ4n) is 2.55. The van der Waals surface area contributed by atoms with Gasteiger partial charge in [-0.2, -0.15) is 0 Å². The monoisotopic (exact) mass is 383 g/mol. The summed E-state index contributed by atoms with van der Waals surface area (Å²) < 4.78 is 0. The van der Waals surface area contributed by atoms with Crippen LogP contribution in [0.2, 0.25) is 5.02 Å². The van der Waals surface area contributed by atoms with Crippen LogP contribution in [0.4, 0.5) is 23.0 Å². The van der Waals surface area contributed by atoms with Crippen molar-refractivity contribution in [2.24, 2.45) is 0 Å². The second-order valence-corrected chi connectivity index (χ2v) is 6.34.